The van der Waals surface area contributed by atoms with Crippen LogP contribution in [0, 0.1) is 5.92 Å². The first kappa shape index (κ1) is 24.5. The highest BCUT2D eigenvalue weighted by molar-refractivity contribution is 7.93. The number of aliphatic imine (C=N–C) groups is 1. The molecule has 0 saturated heterocycles. The van der Waals surface area contributed by atoms with Crippen LogP contribution in [0.2, 0.25) is 0 Å². The molecular formula is C26H30N2O4S. The molecule has 0 N–H and O–H groups in total. The minimum atomic E-state index is -3.85. The van der Waals surface area contributed by atoms with Crippen LogP contribution < -0.4 is 9.47 Å². The number of ether oxygens (including phenoxy) is 2. The Hall–Kier alpha value is -3.16. The van der Waals surface area contributed by atoms with Crippen molar-refractivity contribution in [3.05, 3.63) is 95.1 Å². The Kier molecular flexibility index (Phi) is 8.25. The lowest BCUT2D eigenvalue weighted by Crippen LogP contribution is -2.31. The van der Waals surface area contributed by atoms with Crippen LogP contribution in [-0.2, 0) is 23.1 Å². The second kappa shape index (κ2) is 11.1. The van der Waals surface area contributed by atoms with Crippen molar-refractivity contribution in [1.82, 2.24) is 4.31 Å². The number of allylic oxidation sites excluding steroid dienone is 3. The minimum absolute atomic E-state index is 0.113. The van der Waals surface area contributed by atoms with Gasteiger partial charge in [-0.1, -0.05) is 43.8 Å². The molecule has 0 amide bonds. The quantitative estimate of drug-likeness (QED) is 0.543. The van der Waals surface area contributed by atoms with E-state index in [0.29, 0.717) is 12.0 Å². The van der Waals surface area contributed by atoms with Gasteiger partial charge in [0.15, 0.2) is 0 Å². The van der Waals surface area contributed by atoms with Crippen LogP contribution in [0.1, 0.15) is 24.5 Å². The molecular weight excluding hydrogens is 436 g/mol. The van der Waals surface area contributed by atoms with E-state index < -0.39 is 10.0 Å². The molecule has 0 saturated carbocycles. The third kappa shape index (κ3) is 6.43. The number of rotatable bonds is 8. The zero-order chi connectivity index (χ0) is 23.8. The molecule has 0 fully saturated rings. The summed E-state index contributed by atoms with van der Waals surface area (Å²) in [6, 6.07) is 14.8. The van der Waals surface area contributed by atoms with Gasteiger partial charge in [0.05, 0.1) is 19.1 Å². The number of hydrogen-bond acceptors (Lipinski definition) is 5. The summed E-state index contributed by atoms with van der Waals surface area (Å²) in [6.45, 7) is 6.42. The summed E-state index contributed by atoms with van der Waals surface area (Å²) in [5, 5.41) is 0. The highest BCUT2D eigenvalue weighted by atomic mass is 32.2. The lowest BCUT2D eigenvalue weighted by molar-refractivity contribution is 0.401. The van der Waals surface area contributed by atoms with E-state index in [9.17, 15) is 8.42 Å². The largest absolute Gasteiger partial charge is 0.497 e. The Balaban J connectivity index is 1.99. The summed E-state index contributed by atoms with van der Waals surface area (Å²) in [4.78, 5) is 4.43. The van der Waals surface area contributed by atoms with Crippen molar-refractivity contribution in [2.24, 2.45) is 10.9 Å². The molecule has 1 atom stereocenters. The topological polar surface area (TPSA) is 68.2 Å². The predicted molar refractivity (Wildman–Crippen MR) is 133 cm³/mol. The second-order valence-electron chi connectivity index (χ2n) is 7.89. The Bertz CT molecular complexity index is 1100. The number of sulfonamides is 1. The van der Waals surface area contributed by atoms with E-state index in [1.165, 1.54) is 4.31 Å². The smallest absolute Gasteiger partial charge is 0.243 e. The molecule has 0 spiro atoms. The maximum absolute atomic E-state index is 13.9. The standard InChI is InChI=1S/C26H30N2O4S/c1-20-5-14-26(21(2)15-16-27-17-20)33(29,30)28(18-22-6-10-24(31-3)11-7-22)19-23-8-12-25(32-4)13-9-23/h6-17,20H,2,5,18-19H2,1,3-4H3/b16-15-,26-14+,27-17-. The van der Waals surface area contributed by atoms with Gasteiger partial charge in [-0.25, -0.2) is 8.42 Å². The molecule has 0 bridgehead atoms. The fraction of sp³-hybridized carbons (Fsp3) is 0.269. The van der Waals surface area contributed by atoms with Crippen LogP contribution in [0.25, 0.3) is 0 Å². The summed E-state index contributed by atoms with van der Waals surface area (Å²) in [6.07, 6.45) is 7.33. The molecule has 33 heavy (non-hydrogen) atoms. The molecule has 174 valence electrons. The van der Waals surface area contributed by atoms with Gasteiger partial charge in [0, 0.05) is 25.5 Å². The molecule has 2 aromatic rings. The lowest BCUT2D eigenvalue weighted by Gasteiger charge is -2.25. The average Bonchev–Trinajstić information content (AvgIpc) is 2.90. The zero-order valence-corrected chi connectivity index (χ0v) is 20.1. The van der Waals surface area contributed by atoms with Crippen molar-refractivity contribution < 1.29 is 17.9 Å². The van der Waals surface area contributed by atoms with E-state index in [4.69, 9.17) is 9.47 Å². The molecule has 2 aromatic carbocycles. The fourth-order valence-corrected chi connectivity index (χ4v) is 5.02. The van der Waals surface area contributed by atoms with E-state index in [2.05, 4.69) is 11.6 Å². The molecule has 7 heteroatoms. The molecule has 1 unspecified atom stereocenters. The van der Waals surface area contributed by atoms with Gasteiger partial charge in [0.25, 0.3) is 0 Å². The van der Waals surface area contributed by atoms with Crippen molar-refractivity contribution in [2.45, 2.75) is 26.4 Å². The Morgan fingerprint density at radius 3 is 1.97 bits per heavy atom. The van der Waals surface area contributed by atoms with Crippen LogP contribution >= 0.6 is 0 Å². The van der Waals surface area contributed by atoms with Crippen molar-refractivity contribution in [3.63, 3.8) is 0 Å². The Labute approximate surface area is 196 Å². The first-order chi connectivity index (χ1) is 15.8. The van der Waals surface area contributed by atoms with Crippen LogP contribution in [0.15, 0.2) is 88.9 Å². The molecule has 1 heterocycles. The number of benzene rings is 2. The van der Waals surface area contributed by atoms with Crippen molar-refractivity contribution >= 4 is 16.2 Å². The van der Waals surface area contributed by atoms with Crippen molar-refractivity contribution in [3.8, 4) is 11.5 Å². The molecule has 0 aromatic heterocycles. The summed E-state index contributed by atoms with van der Waals surface area (Å²) < 4.78 is 39.8. The Morgan fingerprint density at radius 2 is 1.48 bits per heavy atom. The van der Waals surface area contributed by atoms with E-state index in [0.717, 1.165) is 22.6 Å². The van der Waals surface area contributed by atoms with Gasteiger partial charge in [-0.15, -0.1) is 0 Å². The minimum Gasteiger partial charge on any atom is -0.497 e. The summed E-state index contributed by atoms with van der Waals surface area (Å²) in [7, 11) is -0.654. The summed E-state index contributed by atoms with van der Waals surface area (Å²) in [5.74, 6) is 1.55. The second-order valence-corrected chi connectivity index (χ2v) is 9.80. The Morgan fingerprint density at radius 1 is 0.970 bits per heavy atom. The van der Waals surface area contributed by atoms with E-state index >= 15 is 0 Å². The van der Waals surface area contributed by atoms with Gasteiger partial charge in [-0.2, -0.15) is 4.31 Å². The maximum Gasteiger partial charge on any atom is 0.243 e. The van der Waals surface area contributed by atoms with Gasteiger partial charge in [-0.3, -0.25) is 4.99 Å². The number of hydrogen-bond donors (Lipinski definition) is 0. The first-order valence-electron chi connectivity index (χ1n) is 10.7. The predicted octanol–water partition coefficient (Wildman–Crippen LogP) is 5.10. The van der Waals surface area contributed by atoms with E-state index in [1.807, 2.05) is 61.7 Å². The summed E-state index contributed by atoms with van der Waals surface area (Å²) >= 11 is 0. The molecule has 1 aliphatic rings. The van der Waals surface area contributed by atoms with Gasteiger partial charge in [0.2, 0.25) is 10.0 Å². The molecule has 0 aliphatic carbocycles. The van der Waals surface area contributed by atoms with Gasteiger partial charge in [-0.05, 0) is 59.4 Å². The molecule has 6 nitrogen and oxygen atoms in total. The van der Waals surface area contributed by atoms with Crippen LogP contribution in [0.3, 0.4) is 0 Å². The fourth-order valence-electron chi connectivity index (χ4n) is 3.40. The summed E-state index contributed by atoms with van der Waals surface area (Å²) in [5.41, 5.74) is 2.12. The molecule has 1 aliphatic heterocycles. The third-order valence-electron chi connectivity index (χ3n) is 5.35. The van der Waals surface area contributed by atoms with E-state index in [-0.39, 0.29) is 23.9 Å². The number of methoxy groups -OCH3 is 2. The first-order valence-corrected chi connectivity index (χ1v) is 12.1. The zero-order valence-electron chi connectivity index (χ0n) is 19.3. The van der Waals surface area contributed by atoms with Gasteiger partial charge < -0.3 is 9.47 Å². The van der Waals surface area contributed by atoms with Crippen LogP contribution in [0.5, 0.6) is 11.5 Å². The lowest BCUT2D eigenvalue weighted by atomic mass is 10.1. The molecule has 0 radical (unpaired) electrons. The SMILES string of the molecule is C=C1/C=C\N=C/C(C)C/C=C\1S(=O)(=O)N(Cc1ccc(OC)cc1)Cc1ccc(OC)cc1. The van der Waals surface area contributed by atoms with Gasteiger partial charge in [0.1, 0.15) is 11.5 Å². The monoisotopic (exact) mass is 466 g/mol. The maximum atomic E-state index is 13.9. The number of nitrogens with zero attached hydrogens (tertiary/aromatic N) is 2. The third-order valence-corrected chi connectivity index (χ3v) is 7.27. The van der Waals surface area contributed by atoms with Crippen LogP contribution in [-0.4, -0.2) is 33.2 Å². The van der Waals surface area contributed by atoms with E-state index in [1.54, 1.807) is 32.6 Å². The molecule has 3 rings (SSSR count). The van der Waals surface area contributed by atoms with Crippen LogP contribution in [0.4, 0.5) is 0 Å². The normalized spacial score (nSPS) is 20.2. The average molecular weight is 467 g/mol. The highest BCUT2D eigenvalue weighted by Gasteiger charge is 2.28. The van der Waals surface area contributed by atoms with Crippen molar-refractivity contribution in [1.29, 1.82) is 0 Å². The van der Waals surface area contributed by atoms with Crippen molar-refractivity contribution in [2.75, 3.05) is 14.2 Å². The van der Waals surface area contributed by atoms with Gasteiger partial charge >= 0.3 is 0 Å². The highest BCUT2D eigenvalue weighted by Crippen LogP contribution is 2.28.